The first-order valence-electron chi connectivity index (χ1n) is 8.49. The zero-order valence-electron chi connectivity index (χ0n) is 14.6. The van der Waals surface area contributed by atoms with Crippen LogP contribution in [-0.4, -0.2) is 44.0 Å². The predicted octanol–water partition coefficient (Wildman–Crippen LogP) is 4.40. The molecule has 0 aliphatic carbocycles. The van der Waals surface area contributed by atoms with Crippen LogP contribution in [0, 0.1) is 0 Å². The molecule has 0 spiro atoms. The average Bonchev–Trinajstić information content (AvgIpc) is 2.64. The fourth-order valence-corrected chi connectivity index (χ4v) is 3.17. The van der Waals surface area contributed by atoms with Gasteiger partial charge in [0.2, 0.25) is 5.91 Å². The van der Waals surface area contributed by atoms with Crippen LogP contribution in [0.5, 0.6) is 0 Å². The maximum absolute atomic E-state index is 12.1. The van der Waals surface area contributed by atoms with Crippen molar-refractivity contribution in [3.8, 4) is 0 Å². The monoisotopic (exact) mass is 389 g/mol. The lowest BCUT2D eigenvalue weighted by Gasteiger charge is -2.34. The van der Waals surface area contributed by atoms with E-state index in [9.17, 15) is 4.79 Å². The Morgan fingerprint density at radius 2 is 1.73 bits per heavy atom. The van der Waals surface area contributed by atoms with Crippen molar-refractivity contribution in [3.05, 3.63) is 64.1 Å². The van der Waals surface area contributed by atoms with Crippen molar-refractivity contribution in [1.29, 1.82) is 0 Å². The highest BCUT2D eigenvalue weighted by atomic mass is 35.5. The van der Waals surface area contributed by atoms with E-state index in [-0.39, 0.29) is 5.91 Å². The Morgan fingerprint density at radius 1 is 1.04 bits per heavy atom. The van der Waals surface area contributed by atoms with E-state index in [0.29, 0.717) is 15.6 Å². The molecule has 26 heavy (non-hydrogen) atoms. The zero-order chi connectivity index (χ0) is 18.5. The Bertz CT molecular complexity index is 797. The summed E-state index contributed by atoms with van der Waals surface area (Å²) in [7, 11) is 2.14. The Morgan fingerprint density at radius 3 is 2.42 bits per heavy atom. The number of anilines is 2. The molecule has 1 aliphatic heterocycles. The van der Waals surface area contributed by atoms with Crippen molar-refractivity contribution >= 4 is 46.6 Å². The minimum Gasteiger partial charge on any atom is -0.369 e. The van der Waals surface area contributed by atoms with Gasteiger partial charge in [0.25, 0.3) is 0 Å². The number of carbonyl (C=O) groups excluding carboxylic acids is 1. The molecule has 1 N–H and O–H groups in total. The van der Waals surface area contributed by atoms with Gasteiger partial charge in [-0.15, -0.1) is 0 Å². The van der Waals surface area contributed by atoms with E-state index in [1.807, 2.05) is 24.3 Å². The molecule has 0 saturated carbocycles. The van der Waals surface area contributed by atoms with Crippen LogP contribution in [0.3, 0.4) is 0 Å². The smallest absolute Gasteiger partial charge is 0.248 e. The third-order valence-corrected chi connectivity index (χ3v) is 4.95. The van der Waals surface area contributed by atoms with Crippen LogP contribution in [0.4, 0.5) is 11.4 Å². The summed E-state index contributed by atoms with van der Waals surface area (Å²) < 4.78 is 0. The van der Waals surface area contributed by atoms with Crippen LogP contribution in [0.15, 0.2) is 48.5 Å². The highest BCUT2D eigenvalue weighted by Gasteiger charge is 2.14. The van der Waals surface area contributed by atoms with Gasteiger partial charge in [-0.3, -0.25) is 4.79 Å². The Kier molecular flexibility index (Phi) is 6.20. The summed E-state index contributed by atoms with van der Waals surface area (Å²) in [5.41, 5.74) is 2.65. The molecule has 2 aromatic rings. The molecular weight excluding hydrogens is 369 g/mol. The number of hydrogen-bond donors (Lipinski definition) is 1. The maximum Gasteiger partial charge on any atom is 0.248 e. The van der Waals surface area contributed by atoms with E-state index in [4.69, 9.17) is 23.2 Å². The molecule has 1 fully saturated rings. The number of nitrogens with one attached hydrogen (secondary N) is 1. The quantitative estimate of drug-likeness (QED) is 0.787. The summed E-state index contributed by atoms with van der Waals surface area (Å²) in [4.78, 5) is 16.8. The zero-order valence-corrected chi connectivity index (χ0v) is 16.1. The summed E-state index contributed by atoms with van der Waals surface area (Å²) in [6, 6.07) is 13.1. The van der Waals surface area contributed by atoms with E-state index < -0.39 is 0 Å². The Hall–Kier alpha value is -2.01. The van der Waals surface area contributed by atoms with Crippen molar-refractivity contribution in [1.82, 2.24) is 4.90 Å². The fraction of sp³-hybridized carbons (Fsp3) is 0.250. The number of likely N-dealkylation sites (N-methyl/N-ethyl adjacent to an activating group) is 1. The molecule has 0 unspecified atom stereocenters. The van der Waals surface area contributed by atoms with Crippen molar-refractivity contribution in [2.75, 3.05) is 43.4 Å². The highest BCUT2D eigenvalue weighted by molar-refractivity contribution is 6.34. The van der Waals surface area contributed by atoms with Gasteiger partial charge < -0.3 is 15.1 Å². The van der Waals surface area contributed by atoms with Crippen molar-refractivity contribution in [3.63, 3.8) is 0 Å². The van der Waals surface area contributed by atoms with E-state index in [0.717, 1.165) is 31.9 Å². The lowest BCUT2D eigenvalue weighted by atomic mass is 10.2. The van der Waals surface area contributed by atoms with Crippen molar-refractivity contribution in [2.45, 2.75) is 0 Å². The number of piperazine rings is 1. The van der Waals surface area contributed by atoms with Crippen LogP contribution >= 0.6 is 23.2 Å². The molecule has 4 nitrogen and oxygen atoms in total. The van der Waals surface area contributed by atoms with Crippen LogP contribution in [0.25, 0.3) is 6.08 Å². The summed E-state index contributed by atoms with van der Waals surface area (Å²) in [5.74, 6) is -0.214. The molecule has 2 aromatic carbocycles. The van der Waals surface area contributed by atoms with Gasteiger partial charge in [0.15, 0.2) is 0 Å². The number of nitrogens with zero attached hydrogens (tertiary/aromatic N) is 2. The standard InChI is InChI=1S/C20H21Cl2N3O/c1-24-10-12-25(13-11-24)18-6-4-17(5-7-18)23-20(26)9-2-15-14-16(21)3-8-19(15)22/h2-9,14H,10-13H2,1H3,(H,23,26). The Labute approximate surface area is 164 Å². The third kappa shape index (κ3) is 5.01. The maximum atomic E-state index is 12.1. The predicted molar refractivity (Wildman–Crippen MR) is 110 cm³/mol. The highest BCUT2D eigenvalue weighted by Crippen LogP contribution is 2.22. The third-order valence-electron chi connectivity index (χ3n) is 4.38. The number of hydrogen-bond acceptors (Lipinski definition) is 3. The second-order valence-electron chi connectivity index (χ2n) is 6.33. The number of halogens is 2. The molecular formula is C20H21Cl2N3O. The molecule has 0 radical (unpaired) electrons. The van der Waals surface area contributed by atoms with Gasteiger partial charge in [-0.1, -0.05) is 23.2 Å². The summed E-state index contributed by atoms with van der Waals surface area (Å²) >= 11 is 12.0. The van der Waals surface area contributed by atoms with E-state index >= 15 is 0 Å². The van der Waals surface area contributed by atoms with Gasteiger partial charge in [-0.2, -0.15) is 0 Å². The van der Waals surface area contributed by atoms with E-state index in [1.165, 1.54) is 11.8 Å². The van der Waals surface area contributed by atoms with Gasteiger partial charge in [-0.05, 0) is 61.2 Å². The second kappa shape index (κ2) is 8.58. The largest absolute Gasteiger partial charge is 0.369 e. The number of amides is 1. The lowest BCUT2D eigenvalue weighted by Crippen LogP contribution is -2.44. The molecule has 1 aliphatic rings. The van der Waals surface area contributed by atoms with Crippen molar-refractivity contribution < 1.29 is 4.79 Å². The SMILES string of the molecule is CN1CCN(c2ccc(NC(=O)C=Cc3cc(Cl)ccc3Cl)cc2)CC1. The van der Waals surface area contributed by atoms with Gasteiger partial charge in [0.05, 0.1) is 0 Å². The second-order valence-corrected chi connectivity index (χ2v) is 7.17. The van der Waals surface area contributed by atoms with Crippen molar-refractivity contribution in [2.24, 2.45) is 0 Å². The van der Waals surface area contributed by atoms with Crippen LogP contribution in [0.2, 0.25) is 10.0 Å². The van der Waals surface area contributed by atoms with Crippen LogP contribution < -0.4 is 10.2 Å². The summed E-state index contributed by atoms with van der Waals surface area (Å²) in [6.07, 6.45) is 3.11. The minimum atomic E-state index is -0.214. The van der Waals surface area contributed by atoms with Gasteiger partial charge in [-0.25, -0.2) is 0 Å². The van der Waals surface area contributed by atoms with Gasteiger partial charge in [0, 0.05) is 53.7 Å². The topological polar surface area (TPSA) is 35.6 Å². The molecule has 0 bridgehead atoms. The molecule has 136 valence electrons. The first-order chi connectivity index (χ1) is 12.5. The molecule has 0 atom stereocenters. The summed E-state index contributed by atoms with van der Waals surface area (Å²) in [5, 5.41) is 3.98. The fourth-order valence-electron chi connectivity index (χ4n) is 2.81. The lowest BCUT2D eigenvalue weighted by molar-refractivity contribution is -0.111. The first-order valence-corrected chi connectivity index (χ1v) is 9.24. The average molecular weight is 390 g/mol. The Balaban J connectivity index is 1.59. The molecule has 0 aromatic heterocycles. The molecule has 3 rings (SSSR count). The molecule has 1 saturated heterocycles. The number of rotatable bonds is 4. The number of carbonyl (C=O) groups is 1. The minimum absolute atomic E-state index is 0.214. The summed E-state index contributed by atoms with van der Waals surface area (Å²) in [6.45, 7) is 4.17. The van der Waals surface area contributed by atoms with Gasteiger partial charge in [0.1, 0.15) is 0 Å². The van der Waals surface area contributed by atoms with Crippen LogP contribution in [0.1, 0.15) is 5.56 Å². The van der Waals surface area contributed by atoms with E-state index in [2.05, 4.69) is 22.2 Å². The molecule has 1 amide bonds. The van der Waals surface area contributed by atoms with E-state index in [1.54, 1.807) is 24.3 Å². The first kappa shape index (κ1) is 18.8. The molecule has 1 heterocycles. The number of benzene rings is 2. The molecule has 6 heteroatoms. The normalized spacial score (nSPS) is 15.4. The van der Waals surface area contributed by atoms with Crippen LogP contribution in [-0.2, 0) is 4.79 Å². The van der Waals surface area contributed by atoms with Gasteiger partial charge >= 0.3 is 0 Å².